The minimum atomic E-state index is -0.312. The van der Waals surface area contributed by atoms with Gasteiger partial charge in [0.1, 0.15) is 5.82 Å². The van der Waals surface area contributed by atoms with Crippen molar-refractivity contribution >= 4 is 11.6 Å². The predicted octanol–water partition coefficient (Wildman–Crippen LogP) is 3.98. The number of rotatable bonds is 3. The van der Waals surface area contributed by atoms with Gasteiger partial charge in [-0.2, -0.15) is 0 Å². The molecule has 0 radical (unpaired) electrons. The summed E-state index contributed by atoms with van der Waals surface area (Å²) in [6, 6.07) is 5.73. The molecule has 1 aliphatic carbocycles. The van der Waals surface area contributed by atoms with E-state index in [4.69, 9.17) is 11.6 Å². The zero-order valence-electron chi connectivity index (χ0n) is 12.7. The van der Waals surface area contributed by atoms with Gasteiger partial charge in [0.25, 0.3) is 0 Å². The van der Waals surface area contributed by atoms with Gasteiger partial charge >= 0.3 is 0 Å². The van der Waals surface area contributed by atoms with Crippen molar-refractivity contribution in [3.05, 3.63) is 34.6 Å². The summed E-state index contributed by atoms with van der Waals surface area (Å²) in [6.45, 7) is 5.17. The predicted molar refractivity (Wildman–Crippen MR) is 85.1 cm³/mol. The second-order valence-corrected chi connectivity index (χ2v) is 6.99. The van der Waals surface area contributed by atoms with E-state index in [0.717, 1.165) is 31.6 Å². The van der Waals surface area contributed by atoms with Crippen LogP contribution in [0.15, 0.2) is 18.2 Å². The maximum Gasteiger partial charge on any atom is 0.142 e. The molecule has 2 fully saturated rings. The Morgan fingerprint density at radius 2 is 2.14 bits per heavy atom. The van der Waals surface area contributed by atoms with Crippen molar-refractivity contribution in [1.29, 1.82) is 0 Å². The molecule has 1 atom stereocenters. The summed E-state index contributed by atoms with van der Waals surface area (Å²) >= 11 is 5.78. The van der Waals surface area contributed by atoms with Crippen LogP contribution in [0.2, 0.25) is 5.02 Å². The Hall–Kier alpha value is -0.640. The number of halogens is 2. The lowest BCUT2D eigenvalue weighted by Gasteiger charge is -2.46. The first-order valence-corrected chi connectivity index (χ1v) is 8.43. The number of benzene rings is 1. The summed E-state index contributed by atoms with van der Waals surface area (Å²) in [7, 11) is 0. The molecule has 1 unspecified atom stereocenters. The van der Waals surface area contributed by atoms with Crippen molar-refractivity contribution in [2.75, 3.05) is 13.1 Å². The second kappa shape index (κ2) is 6.23. The van der Waals surface area contributed by atoms with Gasteiger partial charge in [-0.25, -0.2) is 4.39 Å². The molecule has 1 heterocycles. The molecule has 4 heteroatoms. The number of nitrogens with one attached hydrogen (secondary N) is 1. The highest BCUT2D eigenvalue weighted by Gasteiger charge is 2.40. The minimum Gasteiger partial charge on any atom is -0.308 e. The Morgan fingerprint density at radius 1 is 1.38 bits per heavy atom. The lowest BCUT2D eigenvalue weighted by Crippen LogP contribution is -2.62. The Kier molecular flexibility index (Phi) is 4.53. The Morgan fingerprint density at radius 3 is 2.81 bits per heavy atom. The molecule has 0 bridgehead atoms. The number of nitrogens with zero attached hydrogens (tertiary/aromatic N) is 1. The van der Waals surface area contributed by atoms with Gasteiger partial charge in [-0.3, -0.25) is 4.90 Å². The van der Waals surface area contributed by atoms with Crippen molar-refractivity contribution < 1.29 is 4.39 Å². The molecule has 1 aromatic carbocycles. The zero-order chi connectivity index (χ0) is 14.9. The number of hydrogen-bond acceptors (Lipinski definition) is 2. The average molecular weight is 311 g/mol. The molecular weight excluding hydrogens is 287 g/mol. The zero-order valence-corrected chi connectivity index (χ0v) is 13.4. The highest BCUT2D eigenvalue weighted by atomic mass is 35.5. The van der Waals surface area contributed by atoms with Crippen LogP contribution in [0.4, 0.5) is 4.39 Å². The molecule has 1 saturated carbocycles. The van der Waals surface area contributed by atoms with E-state index in [2.05, 4.69) is 17.1 Å². The van der Waals surface area contributed by atoms with Gasteiger partial charge in [-0.1, -0.05) is 37.4 Å². The van der Waals surface area contributed by atoms with E-state index in [-0.39, 0.29) is 10.8 Å². The molecule has 1 saturated heterocycles. The van der Waals surface area contributed by atoms with E-state index in [0.29, 0.717) is 11.6 Å². The molecule has 2 aliphatic rings. The first kappa shape index (κ1) is 15.3. The SMILES string of the molecule is CCC1CNC2(CCCC2)CN1Cc1ccc(Cl)c(F)c1. The molecule has 0 aromatic heterocycles. The minimum absolute atomic E-state index is 0.207. The average Bonchev–Trinajstić information content (AvgIpc) is 2.91. The van der Waals surface area contributed by atoms with Gasteiger partial charge in [0.05, 0.1) is 5.02 Å². The Labute approximate surface area is 131 Å². The molecule has 2 nitrogen and oxygen atoms in total. The molecule has 1 aromatic rings. The van der Waals surface area contributed by atoms with Gasteiger partial charge in [-0.15, -0.1) is 0 Å². The molecule has 116 valence electrons. The topological polar surface area (TPSA) is 15.3 Å². The van der Waals surface area contributed by atoms with Crippen LogP contribution in [0.25, 0.3) is 0 Å². The van der Waals surface area contributed by atoms with E-state index >= 15 is 0 Å². The van der Waals surface area contributed by atoms with Crippen molar-refractivity contribution in [2.45, 2.75) is 57.2 Å². The largest absolute Gasteiger partial charge is 0.308 e. The summed E-state index contributed by atoms with van der Waals surface area (Å²) < 4.78 is 13.6. The summed E-state index contributed by atoms with van der Waals surface area (Å²) in [6.07, 6.45) is 6.32. The van der Waals surface area contributed by atoms with Gasteiger partial charge in [0.15, 0.2) is 0 Å². The highest BCUT2D eigenvalue weighted by Crippen LogP contribution is 2.34. The third-order valence-electron chi connectivity index (χ3n) is 5.14. The fourth-order valence-corrected chi connectivity index (χ4v) is 4.00. The quantitative estimate of drug-likeness (QED) is 0.908. The lowest BCUT2D eigenvalue weighted by atomic mass is 9.91. The fourth-order valence-electron chi connectivity index (χ4n) is 3.88. The third kappa shape index (κ3) is 3.25. The van der Waals surface area contributed by atoms with Crippen LogP contribution in [-0.4, -0.2) is 29.6 Å². The second-order valence-electron chi connectivity index (χ2n) is 6.58. The molecule has 0 amide bonds. The van der Waals surface area contributed by atoms with E-state index in [1.54, 1.807) is 12.1 Å². The van der Waals surface area contributed by atoms with E-state index in [9.17, 15) is 4.39 Å². The Bertz CT molecular complexity index is 500. The smallest absolute Gasteiger partial charge is 0.142 e. The molecule has 21 heavy (non-hydrogen) atoms. The lowest BCUT2D eigenvalue weighted by molar-refractivity contribution is 0.0717. The van der Waals surface area contributed by atoms with Gasteiger partial charge in [0, 0.05) is 31.2 Å². The summed E-state index contributed by atoms with van der Waals surface area (Å²) in [5, 5.41) is 4.00. The molecule has 1 spiro atoms. The summed E-state index contributed by atoms with van der Waals surface area (Å²) in [5.41, 5.74) is 1.32. The standard InChI is InChI=1S/C17H24ClFN2/c1-2-14-10-20-17(7-3-4-8-17)12-21(14)11-13-5-6-15(18)16(19)9-13/h5-6,9,14,20H,2-4,7-8,10-12H2,1H3. The third-order valence-corrected chi connectivity index (χ3v) is 5.44. The summed E-state index contributed by atoms with van der Waals surface area (Å²) in [5.74, 6) is -0.312. The molecule has 3 rings (SSSR count). The van der Waals surface area contributed by atoms with E-state index < -0.39 is 0 Å². The van der Waals surface area contributed by atoms with E-state index in [1.165, 1.54) is 25.7 Å². The monoisotopic (exact) mass is 310 g/mol. The molecule has 1 aliphatic heterocycles. The first-order valence-electron chi connectivity index (χ1n) is 8.05. The number of piperazine rings is 1. The molecular formula is C17H24ClFN2. The normalized spacial score (nSPS) is 25.6. The molecule has 1 N–H and O–H groups in total. The number of hydrogen-bond donors (Lipinski definition) is 1. The van der Waals surface area contributed by atoms with Crippen LogP contribution >= 0.6 is 11.6 Å². The maximum atomic E-state index is 13.6. The van der Waals surface area contributed by atoms with Crippen molar-refractivity contribution in [1.82, 2.24) is 10.2 Å². The van der Waals surface area contributed by atoms with Crippen molar-refractivity contribution in [2.24, 2.45) is 0 Å². The van der Waals surface area contributed by atoms with Crippen LogP contribution in [-0.2, 0) is 6.54 Å². The van der Waals surface area contributed by atoms with Crippen LogP contribution in [0, 0.1) is 5.82 Å². The van der Waals surface area contributed by atoms with Crippen molar-refractivity contribution in [3.8, 4) is 0 Å². The van der Waals surface area contributed by atoms with Gasteiger partial charge in [0.2, 0.25) is 0 Å². The van der Waals surface area contributed by atoms with E-state index in [1.807, 2.05) is 6.07 Å². The first-order chi connectivity index (χ1) is 10.1. The maximum absolute atomic E-state index is 13.6. The van der Waals surface area contributed by atoms with Gasteiger partial charge in [-0.05, 0) is 37.0 Å². The van der Waals surface area contributed by atoms with Crippen LogP contribution in [0.1, 0.15) is 44.6 Å². The highest BCUT2D eigenvalue weighted by molar-refractivity contribution is 6.30. The van der Waals surface area contributed by atoms with Crippen LogP contribution < -0.4 is 5.32 Å². The van der Waals surface area contributed by atoms with Gasteiger partial charge < -0.3 is 5.32 Å². The van der Waals surface area contributed by atoms with Crippen LogP contribution in [0.3, 0.4) is 0 Å². The summed E-state index contributed by atoms with van der Waals surface area (Å²) in [4.78, 5) is 2.53. The fraction of sp³-hybridized carbons (Fsp3) is 0.647. The Balaban J connectivity index is 1.75. The van der Waals surface area contributed by atoms with Crippen molar-refractivity contribution in [3.63, 3.8) is 0 Å². The van der Waals surface area contributed by atoms with Crippen LogP contribution in [0.5, 0.6) is 0 Å².